The van der Waals surface area contributed by atoms with E-state index in [2.05, 4.69) is 4.99 Å². The van der Waals surface area contributed by atoms with Gasteiger partial charge in [0.2, 0.25) is 6.08 Å². The molecule has 0 aliphatic carbocycles. The lowest BCUT2D eigenvalue weighted by Gasteiger charge is -2.00. The molecule has 0 saturated carbocycles. The molecule has 0 bridgehead atoms. The molecule has 15 heavy (non-hydrogen) atoms. The molecule has 1 heterocycles. The zero-order valence-corrected chi connectivity index (χ0v) is 8.75. The average Bonchev–Trinajstić information content (AvgIpc) is 2.52. The first-order chi connectivity index (χ1) is 7.13. The summed E-state index contributed by atoms with van der Waals surface area (Å²) in [5.41, 5.74) is 1.58. The van der Waals surface area contributed by atoms with Gasteiger partial charge in [-0.25, -0.2) is 18.2 Å². The number of hydrogen-bond donors (Lipinski definition) is 0. The molecular weight excluding hydrogens is 214 g/mol. The minimum atomic E-state index is -3.09. The molecule has 0 radical (unpaired) electrons. The van der Waals surface area contributed by atoms with Crippen LogP contribution >= 0.6 is 0 Å². The molecular formula is C10H9NO3S. The number of sulfone groups is 1. The van der Waals surface area contributed by atoms with Gasteiger partial charge in [-0.2, -0.15) is 0 Å². The van der Waals surface area contributed by atoms with E-state index in [0.29, 0.717) is 11.3 Å². The number of benzene rings is 1. The maximum atomic E-state index is 11.6. The Balaban J connectivity index is 2.46. The molecule has 1 aliphatic rings. The van der Waals surface area contributed by atoms with Crippen molar-refractivity contribution in [1.29, 1.82) is 0 Å². The maximum Gasteiger partial charge on any atom is 0.235 e. The Morgan fingerprint density at radius 2 is 2.20 bits per heavy atom. The number of carbonyl (C=O) groups excluding carboxylic acids is 1. The van der Waals surface area contributed by atoms with Gasteiger partial charge in [-0.3, -0.25) is 0 Å². The van der Waals surface area contributed by atoms with E-state index in [-0.39, 0.29) is 12.3 Å². The predicted molar refractivity (Wildman–Crippen MR) is 54.0 cm³/mol. The van der Waals surface area contributed by atoms with E-state index in [0.717, 1.165) is 11.1 Å². The van der Waals surface area contributed by atoms with Gasteiger partial charge >= 0.3 is 0 Å². The lowest BCUT2D eigenvalue weighted by Crippen LogP contribution is -1.99. The standard InChI is InChI=1S/C10H9NO3S/c12-7-11-6-8-1-2-9-3-4-15(13,14)10(9)5-8/h1-2,5H,3-4,6H2. The molecule has 5 heteroatoms. The van der Waals surface area contributed by atoms with E-state index in [4.69, 9.17) is 0 Å². The van der Waals surface area contributed by atoms with E-state index in [1.54, 1.807) is 18.2 Å². The lowest BCUT2D eigenvalue weighted by atomic mass is 10.1. The van der Waals surface area contributed by atoms with E-state index in [1.807, 2.05) is 0 Å². The molecule has 0 N–H and O–H groups in total. The zero-order chi connectivity index (χ0) is 10.9. The third-order valence-corrected chi connectivity index (χ3v) is 4.22. The van der Waals surface area contributed by atoms with Gasteiger partial charge in [0.05, 0.1) is 17.2 Å². The summed E-state index contributed by atoms with van der Waals surface area (Å²) in [5.74, 6) is 0.183. The normalized spacial score (nSPS) is 16.8. The summed E-state index contributed by atoms with van der Waals surface area (Å²) in [6.07, 6.45) is 2.01. The Morgan fingerprint density at radius 1 is 1.40 bits per heavy atom. The second kappa shape index (κ2) is 3.61. The van der Waals surface area contributed by atoms with Gasteiger partial charge in [0, 0.05) is 0 Å². The second-order valence-electron chi connectivity index (χ2n) is 3.42. The summed E-state index contributed by atoms with van der Waals surface area (Å²) in [4.78, 5) is 13.7. The van der Waals surface area contributed by atoms with Crippen LogP contribution in [0.15, 0.2) is 28.1 Å². The highest BCUT2D eigenvalue weighted by Crippen LogP contribution is 2.26. The number of aliphatic imine (C=N–C) groups is 1. The monoisotopic (exact) mass is 223 g/mol. The number of nitrogens with zero attached hydrogens (tertiary/aromatic N) is 1. The maximum absolute atomic E-state index is 11.6. The SMILES string of the molecule is O=C=NCc1ccc2c(c1)S(=O)(=O)CC2. The fourth-order valence-electron chi connectivity index (χ4n) is 1.67. The van der Waals surface area contributed by atoms with Crippen LogP contribution in [0.2, 0.25) is 0 Å². The Kier molecular flexibility index (Phi) is 2.42. The molecule has 0 unspecified atom stereocenters. The Hall–Kier alpha value is -1.45. The van der Waals surface area contributed by atoms with Crippen LogP contribution in [0.1, 0.15) is 11.1 Å². The van der Waals surface area contributed by atoms with Gasteiger partial charge in [-0.1, -0.05) is 12.1 Å². The van der Waals surface area contributed by atoms with Gasteiger partial charge in [0.15, 0.2) is 9.84 Å². The third kappa shape index (κ3) is 1.84. The molecule has 2 rings (SSSR count). The number of rotatable bonds is 2. The highest BCUT2D eigenvalue weighted by Gasteiger charge is 2.25. The molecule has 0 saturated heterocycles. The zero-order valence-electron chi connectivity index (χ0n) is 7.93. The minimum absolute atomic E-state index is 0.183. The number of fused-ring (bicyclic) bond motifs is 1. The largest absolute Gasteiger partial charge is 0.235 e. The van der Waals surface area contributed by atoms with Gasteiger partial charge < -0.3 is 0 Å². The van der Waals surface area contributed by atoms with Crippen LogP contribution in [-0.2, 0) is 27.6 Å². The summed E-state index contributed by atoms with van der Waals surface area (Å²) in [6.45, 7) is 0.187. The van der Waals surface area contributed by atoms with Crippen LogP contribution < -0.4 is 0 Å². The fourth-order valence-corrected chi connectivity index (χ4v) is 3.28. The van der Waals surface area contributed by atoms with Crippen molar-refractivity contribution < 1.29 is 13.2 Å². The van der Waals surface area contributed by atoms with Crippen molar-refractivity contribution in [2.75, 3.05) is 5.75 Å². The summed E-state index contributed by atoms with van der Waals surface area (Å²) >= 11 is 0. The number of isocyanates is 1. The molecule has 78 valence electrons. The summed E-state index contributed by atoms with van der Waals surface area (Å²) in [5, 5.41) is 0. The summed E-state index contributed by atoms with van der Waals surface area (Å²) in [6, 6.07) is 5.18. The molecule has 0 fully saturated rings. The quantitative estimate of drug-likeness (QED) is 0.551. The van der Waals surface area contributed by atoms with Crippen molar-refractivity contribution >= 4 is 15.9 Å². The van der Waals surface area contributed by atoms with Crippen molar-refractivity contribution in [2.24, 2.45) is 4.99 Å². The smallest absolute Gasteiger partial charge is 0.224 e. The molecule has 0 spiro atoms. The number of aryl methyl sites for hydroxylation is 1. The molecule has 1 aliphatic heterocycles. The molecule has 0 amide bonds. The van der Waals surface area contributed by atoms with E-state index in [9.17, 15) is 13.2 Å². The third-order valence-electron chi connectivity index (χ3n) is 2.43. The fraction of sp³-hybridized carbons (Fsp3) is 0.300. The molecule has 0 aromatic heterocycles. The topological polar surface area (TPSA) is 63.6 Å². The van der Waals surface area contributed by atoms with Crippen molar-refractivity contribution in [2.45, 2.75) is 17.9 Å². The minimum Gasteiger partial charge on any atom is -0.224 e. The first kappa shape index (κ1) is 10.1. The Morgan fingerprint density at radius 3 is 2.93 bits per heavy atom. The molecule has 4 nitrogen and oxygen atoms in total. The first-order valence-electron chi connectivity index (χ1n) is 4.52. The van der Waals surface area contributed by atoms with Crippen LogP contribution in [0.3, 0.4) is 0 Å². The van der Waals surface area contributed by atoms with Crippen molar-refractivity contribution in [3.63, 3.8) is 0 Å². The first-order valence-corrected chi connectivity index (χ1v) is 6.17. The van der Waals surface area contributed by atoms with Gasteiger partial charge in [0.1, 0.15) is 0 Å². The highest BCUT2D eigenvalue weighted by atomic mass is 32.2. The summed E-state index contributed by atoms with van der Waals surface area (Å²) in [7, 11) is -3.09. The van der Waals surface area contributed by atoms with Crippen LogP contribution in [-0.4, -0.2) is 20.3 Å². The molecule has 1 aromatic carbocycles. The van der Waals surface area contributed by atoms with Crippen LogP contribution in [0.25, 0.3) is 0 Å². The predicted octanol–water partition coefficient (Wildman–Crippen LogP) is 0.852. The van der Waals surface area contributed by atoms with E-state index >= 15 is 0 Å². The number of hydrogen-bond acceptors (Lipinski definition) is 4. The lowest BCUT2D eigenvalue weighted by molar-refractivity contribution is 0.563. The van der Waals surface area contributed by atoms with E-state index < -0.39 is 9.84 Å². The Bertz CT molecular complexity index is 542. The van der Waals surface area contributed by atoms with Gasteiger partial charge in [0.25, 0.3) is 0 Å². The van der Waals surface area contributed by atoms with Crippen molar-refractivity contribution in [1.82, 2.24) is 0 Å². The Labute approximate surface area is 87.6 Å². The van der Waals surface area contributed by atoms with Crippen LogP contribution in [0.4, 0.5) is 0 Å². The average molecular weight is 223 g/mol. The summed E-state index contributed by atoms with van der Waals surface area (Å²) < 4.78 is 23.1. The molecule has 1 aromatic rings. The van der Waals surface area contributed by atoms with Gasteiger partial charge in [-0.05, 0) is 23.6 Å². The van der Waals surface area contributed by atoms with Gasteiger partial charge in [-0.15, -0.1) is 0 Å². The molecule has 0 atom stereocenters. The second-order valence-corrected chi connectivity index (χ2v) is 5.50. The highest BCUT2D eigenvalue weighted by molar-refractivity contribution is 7.91. The van der Waals surface area contributed by atoms with E-state index in [1.165, 1.54) is 6.08 Å². The van der Waals surface area contributed by atoms with Crippen molar-refractivity contribution in [3.8, 4) is 0 Å². The van der Waals surface area contributed by atoms with Crippen molar-refractivity contribution in [3.05, 3.63) is 29.3 Å². The van der Waals surface area contributed by atoms with Crippen LogP contribution in [0.5, 0.6) is 0 Å². The van der Waals surface area contributed by atoms with Crippen LogP contribution in [0, 0.1) is 0 Å².